The summed E-state index contributed by atoms with van der Waals surface area (Å²) in [5.41, 5.74) is 0.288. The maximum absolute atomic E-state index is 12.7. The average Bonchev–Trinajstić information content (AvgIpc) is 3.23. The summed E-state index contributed by atoms with van der Waals surface area (Å²) in [4.78, 5) is 38.4. The van der Waals surface area contributed by atoms with Crippen LogP contribution in [0.4, 0.5) is 5.69 Å². The van der Waals surface area contributed by atoms with E-state index < -0.39 is 17.8 Å². The molecule has 0 aromatic carbocycles. The molecule has 4 heterocycles. The molecule has 3 fully saturated rings. The fourth-order valence-corrected chi connectivity index (χ4v) is 3.87. The predicted molar refractivity (Wildman–Crippen MR) is 71.9 cm³/mol. The Morgan fingerprint density at radius 1 is 1.27 bits per heavy atom. The fourth-order valence-electron chi connectivity index (χ4n) is 3.87. The summed E-state index contributed by atoms with van der Waals surface area (Å²) in [5.74, 6) is -2.11. The van der Waals surface area contributed by atoms with Gasteiger partial charge in [0.25, 0.3) is 0 Å². The van der Waals surface area contributed by atoms with Crippen molar-refractivity contribution in [3.05, 3.63) is 11.9 Å². The molecule has 116 valence electrons. The van der Waals surface area contributed by atoms with Gasteiger partial charge >= 0.3 is 5.97 Å². The van der Waals surface area contributed by atoms with Gasteiger partial charge in [0.1, 0.15) is 5.69 Å². The second kappa shape index (κ2) is 4.39. The molecule has 0 aliphatic carbocycles. The van der Waals surface area contributed by atoms with Crippen molar-refractivity contribution in [3.63, 3.8) is 0 Å². The molecule has 2 bridgehead atoms. The number of hydrogen-bond donors (Lipinski definition) is 0. The third kappa shape index (κ3) is 1.50. The number of nitrogens with zero attached hydrogens (tertiary/aromatic N) is 3. The van der Waals surface area contributed by atoms with Gasteiger partial charge in [0.15, 0.2) is 5.69 Å². The number of ether oxygens (including phenoxy) is 2. The van der Waals surface area contributed by atoms with Crippen LogP contribution in [-0.4, -0.2) is 46.9 Å². The molecule has 8 nitrogen and oxygen atoms in total. The quantitative estimate of drug-likeness (QED) is 0.558. The molecular formula is C14H15N3O5. The standard InChI is InChI=1S/C14H15N3O5/c1-16-11(14(20)21-2)6(5-15-16)17-12(18)9-7-3-4-8(22-7)10(9)13(17)19/h5,7-10H,3-4H2,1-2H3/t7-,8-,9-,10-/m0/s1. The SMILES string of the molecule is COC(=O)c1c(N2C(=O)[C@@H]3[C@@H](C2=O)[C@@H]2CC[C@@H]3O2)cnn1C. The van der Waals surface area contributed by atoms with Gasteiger partial charge in [-0.05, 0) is 12.8 Å². The van der Waals surface area contributed by atoms with Crippen LogP contribution in [0, 0.1) is 11.8 Å². The van der Waals surface area contributed by atoms with Gasteiger partial charge in [0.2, 0.25) is 11.8 Å². The molecule has 4 rings (SSSR count). The van der Waals surface area contributed by atoms with Crippen molar-refractivity contribution in [1.29, 1.82) is 0 Å². The van der Waals surface area contributed by atoms with E-state index in [2.05, 4.69) is 5.10 Å². The first-order chi connectivity index (χ1) is 10.5. The third-order valence-electron chi connectivity index (χ3n) is 4.82. The van der Waals surface area contributed by atoms with Gasteiger partial charge in [-0.2, -0.15) is 5.10 Å². The lowest BCUT2D eigenvalue weighted by Gasteiger charge is -2.17. The van der Waals surface area contributed by atoms with Crippen LogP contribution in [0.1, 0.15) is 23.3 Å². The largest absolute Gasteiger partial charge is 0.464 e. The highest BCUT2D eigenvalue weighted by molar-refractivity contribution is 6.24. The van der Waals surface area contributed by atoms with Crippen molar-refractivity contribution in [3.8, 4) is 0 Å². The molecule has 1 aromatic rings. The summed E-state index contributed by atoms with van der Waals surface area (Å²) >= 11 is 0. The molecule has 4 atom stereocenters. The molecule has 0 unspecified atom stereocenters. The summed E-state index contributed by atoms with van der Waals surface area (Å²) in [5, 5.41) is 3.99. The summed E-state index contributed by atoms with van der Waals surface area (Å²) in [6, 6.07) is 0. The van der Waals surface area contributed by atoms with E-state index in [1.807, 2.05) is 0 Å². The Morgan fingerprint density at radius 2 is 1.86 bits per heavy atom. The first-order valence-electron chi connectivity index (χ1n) is 7.18. The van der Waals surface area contributed by atoms with E-state index in [1.165, 1.54) is 18.0 Å². The molecule has 3 saturated heterocycles. The van der Waals surface area contributed by atoms with E-state index in [-0.39, 0.29) is 35.4 Å². The van der Waals surface area contributed by atoms with Gasteiger partial charge in [0, 0.05) is 7.05 Å². The molecule has 0 radical (unpaired) electrons. The van der Waals surface area contributed by atoms with Crippen molar-refractivity contribution in [1.82, 2.24) is 9.78 Å². The number of esters is 1. The number of imide groups is 1. The monoisotopic (exact) mass is 305 g/mol. The molecule has 0 N–H and O–H groups in total. The van der Waals surface area contributed by atoms with Gasteiger partial charge in [-0.3, -0.25) is 14.3 Å². The van der Waals surface area contributed by atoms with Crippen LogP contribution in [-0.2, 0) is 26.1 Å². The Balaban J connectivity index is 1.77. The Bertz CT molecular complexity index is 669. The number of carbonyl (C=O) groups excluding carboxylic acids is 3. The Morgan fingerprint density at radius 3 is 2.41 bits per heavy atom. The molecule has 1 aromatic heterocycles. The van der Waals surface area contributed by atoms with Crippen LogP contribution >= 0.6 is 0 Å². The number of fused-ring (bicyclic) bond motifs is 5. The van der Waals surface area contributed by atoms with Crippen molar-refractivity contribution in [2.75, 3.05) is 12.0 Å². The Hall–Kier alpha value is -2.22. The predicted octanol–water partition coefficient (Wildman–Crippen LogP) is -0.127. The lowest BCUT2D eigenvalue weighted by atomic mass is 9.81. The topological polar surface area (TPSA) is 90.7 Å². The number of amides is 2. The van der Waals surface area contributed by atoms with E-state index in [1.54, 1.807) is 7.05 Å². The maximum Gasteiger partial charge on any atom is 0.358 e. The van der Waals surface area contributed by atoms with Crippen LogP contribution < -0.4 is 4.90 Å². The number of anilines is 1. The minimum absolute atomic E-state index is 0.0949. The smallest absolute Gasteiger partial charge is 0.358 e. The lowest BCUT2D eigenvalue weighted by Crippen LogP contribution is -2.35. The number of methoxy groups -OCH3 is 1. The Labute approximate surface area is 126 Å². The maximum atomic E-state index is 12.7. The highest BCUT2D eigenvalue weighted by Gasteiger charge is 2.63. The van der Waals surface area contributed by atoms with Crippen molar-refractivity contribution in [2.24, 2.45) is 18.9 Å². The van der Waals surface area contributed by atoms with Gasteiger partial charge < -0.3 is 9.47 Å². The van der Waals surface area contributed by atoms with Gasteiger partial charge in [0.05, 0.1) is 37.4 Å². The molecule has 0 saturated carbocycles. The molecule has 0 spiro atoms. The summed E-state index contributed by atoms with van der Waals surface area (Å²) < 4.78 is 11.7. The molecule has 22 heavy (non-hydrogen) atoms. The summed E-state index contributed by atoms with van der Waals surface area (Å²) in [7, 11) is 2.81. The van der Waals surface area contributed by atoms with E-state index in [9.17, 15) is 14.4 Å². The number of carbonyl (C=O) groups is 3. The normalized spacial score (nSPS) is 32.7. The summed E-state index contributed by atoms with van der Waals surface area (Å²) in [6.07, 6.45) is 2.58. The van der Waals surface area contributed by atoms with E-state index in [4.69, 9.17) is 9.47 Å². The van der Waals surface area contributed by atoms with Crippen LogP contribution in [0.15, 0.2) is 6.20 Å². The molecule has 2 amide bonds. The van der Waals surface area contributed by atoms with Crippen LogP contribution in [0.2, 0.25) is 0 Å². The second-order valence-electron chi connectivity index (χ2n) is 5.85. The first-order valence-corrected chi connectivity index (χ1v) is 7.18. The minimum Gasteiger partial charge on any atom is -0.464 e. The van der Waals surface area contributed by atoms with E-state index >= 15 is 0 Å². The van der Waals surface area contributed by atoms with E-state index in [0.29, 0.717) is 0 Å². The number of hydrogen-bond acceptors (Lipinski definition) is 6. The van der Waals surface area contributed by atoms with Gasteiger partial charge in [-0.1, -0.05) is 0 Å². The average molecular weight is 305 g/mol. The third-order valence-corrected chi connectivity index (χ3v) is 4.82. The number of aryl methyl sites for hydroxylation is 1. The van der Waals surface area contributed by atoms with Crippen molar-refractivity contribution in [2.45, 2.75) is 25.0 Å². The molecule has 3 aliphatic rings. The number of rotatable bonds is 2. The highest BCUT2D eigenvalue weighted by Crippen LogP contribution is 2.49. The number of aromatic nitrogens is 2. The molecule has 8 heteroatoms. The summed E-state index contributed by atoms with van der Waals surface area (Å²) in [6.45, 7) is 0. The van der Waals surface area contributed by atoms with Gasteiger partial charge in [-0.25, -0.2) is 9.69 Å². The minimum atomic E-state index is -0.633. The zero-order chi connectivity index (χ0) is 15.6. The Kier molecular flexibility index (Phi) is 2.68. The van der Waals surface area contributed by atoms with Crippen molar-refractivity contribution < 1.29 is 23.9 Å². The first kappa shape index (κ1) is 13.4. The molecule has 3 aliphatic heterocycles. The highest BCUT2D eigenvalue weighted by atomic mass is 16.5. The zero-order valence-electron chi connectivity index (χ0n) is 12.2. The van der Waals surface area contributed by atoms with E-state index in [0.717, 1.165) is 17.7 Å². The zero-order valence-corrected chi connectivity index (χ0v) is 12.2. The lowest BCUT2D eigenvalue weighted by molar-refractivity contribution is -0.124. The van der Waals surface area contributed by atoms with Crippen LogP contribution in [0.25, 0.3) is 0 Å². The fraction of sp³-hybridized carbons (Fsp3) is 0.571. The van der Waals surface area contributed by atoms with Crippen LogP contribution in [0.5, 0.6) is 0 Å². The van der Waals surface area contributed by atoms with Gasteiger partial charge in [-0.15, -0.1) is 0 Å². The van der Waals surface area contributed by atoms with Crippen molar-refractivity contribution >= 4 is 23.5 Å². The second-order valence-corrected chi connectivity index (χ2v) is 5.85. The molecular weight excluding hydrogens is 290 g/mol. The van der Waals surface area contributed by atoms with Crippen LogP contribution in [0.3, 0.4) is 0 Å².